The number of rotatable bonds is 5. The van der Waals surface area contributed by atoms with E-state index in [0.29, 0.717) is 0 Å². The van der Waals surface area contributed by atoms with Crippen molar-refractivity contribution in [3.05, 3.63) is 30.1 Å². The van der Waals surface area contributed by atoms with Crippen LogP contribution < -0.4 is 5.32 Å². The van der Waals surface area contributed by atoms with Gasteiger partial charge in [0.25, 0.3) is 0 Å². The van der Waals surface area contributed by atoms with Crippen LogP contribution in [0.25, 0.3) is 11.0 Å². The lowest BCUT2D eigenvalue weighted by atomic mass is 9.99. The zero-order valence-electron chi connectivity index (χ0n) is 12.5. The van der Waals surface area contributed by atoms with Gasteiger partial charge in [0.15, 0.2) is 0 Å². The third-order valence-electron chi connectivity index (χ3n) is 4.75. The Bertz CT molecular complexity index is 563. The smallest absolute Gasteiger partial charge is 0.121 e. The molecule has 4 nitrogen and oxygen atoms in total. The highest BCUT2D eigenvalue weighted by Gasteiger charge is 2.31. The second kappa shape index (κ2) is 5.78. The van der Waals surface area contributed by atoms with E-state index in [2.05, 4.69) is 39.5 Å². The molecule has 2 fully saturated rings. The molecule has 0 spiro atoms. The summed E-state index contributed by atoms with van der Waals surface area (Å²) < 4.78 is 0. The molecule has 4 heteroatoms. The first-order valence-corrected chi connectivity index (χ1v) is 8.27. The highest BCUT2D eigenvalue weighted by atomic mass is 15.2. The summed E-state index contributed by atoms with van der Waals surface area (Å²) in [5.41, 5.74) is 2.24. The van der Waals surface area contributed by atoms with Crippen LogP contribution in [0.3, 0.4) is 0 Å². The fourth-order valence-electron chi connectivity index (χ4n) is 3.47. The number of hydrogen-bond donors (Lipinski definition) is 2. The summed E-state index contributed by atoms with van der Waals surface area (Å²) >= 11 is 0. The first-order valence-electron chi connectivity index (χ1n) is 8.27. The van der Waals surface area contributed by atoms with Crippen LogP contribution >= 0.6 is 0 Å². The minimum absolute atomic E-state index is 0.792. The number of nitrogens with zero attached hydrogens (tertiary/aromatic N) is 2. The van der Waals surface area contributed by atoms with E-state index in [4.69, 9.17) is 4.98 Å². The van der Waals surface area contributed by atoms with Crippen molar-refractivity contribution in [1.82, 2.24) is 20.2 Å². The fourth-order valence-corrected chi connectivity index (χ4v) is 3.47. The molecule has 1 atom stereocenters. The van der Waals surface area contributed by atoms with E-state index >= 15 is 0 Å². The van der Waals surface area contributed by atoms with Crippen LogP contribution in [-0.4, -0.2) is 40.5 Å². The van der Waals surface area contributed by atoms with Gasteiger partial charge in [0.05, 0.1) is 17.6 Å². The largest absolute Gasteiger partial charge is 0.341 e. The summed E-state index contributed by atoms with van der Waals surface area (Å²) in [6.45, 7) is 4.57. The quantitative estimate of drug-likeness (QED) is 0.887. The number of benzene rings is 1. The molecular weight excluding hydrogens is 260 g/mol. The Hall–Kier alpha value is -1.39. The van der Waals surface area contributed by atoms with Crippen molar-refractivity contribution in [3.63, 3.8) is 0 Å². The first-order chi connectivity index (χ1) is 10.4. The summed E-state index contributed by atoms with van der Waals surface area (Å²) in [4.78, 5) is 10.9. The Kier molecular flexibility index (Phi) is 3.65. The second-order valence-corrected chi connectivity index (χ2v) is 6.57. The Balaban J connectivity index is 1.46. The van der Waals surface area contributed by atoms with Crippen molar-refractivity contribution < 1.29 is 0 Å². The van der Waals surface area contributed by atoms with E-state index in [1.807, 2.05) is 0 Å². The van der Waals surface area contributed by atoms with Crippen LogP contribution in [0.5, 0.6) is 0 Å². The number of para-hydroxylation sites is 2. The van der Waals surface area contributed by atoms with Crippen molar-refractivity contribution in [2.24, 2.45) is 5.92 Å². The third kappa shape index (κ3) is 3.11. The molecule has 112 valence electrons. The van der Waals surface area contributed by atoms with Gasteiger partial charge in [0.2, 0.25) is 0 Å². The number of nitrogens with one attached hydrogen (secondary N) is 2. The van der Waals surface area contributed by atoms with Crippen LogP contribution in [-0.2, 0) is 6.54 Å². The average Bonchev–Trinajstić information content (AvgIpc) is 3.28. The molecule has 1 aromatic carbocycles. The predicted octanol–water partition coefficient (Wildman–Crippen LogP) is 2.53. The molecule has 1 aliphatic heterocycles. The van der Waals surface area contributed by atoms with Crippen LogP contribution in [0.2, 0.25) is 0 Å². The molecule has 21 heavy (non-hydrogen) atoms. The lowest BCUT2D eigenvalue weighted by molar-refractivity contribution is 0.189. The summed E-state index contributed by atoms with van der Waals surface area (Å²) in [7, 11) is 0. The van der Waals surface area contributed by atoms with Gasteiger partial charge < -0.3 is 10.3 Å². The second-order valence-electron chi connectivity index (χ2n) is 6.57. The Morgan fingerprint density at radius 3 is 2.86 bits per heavy atom. The van der Waals surface area contributed by atoms with Crippen LogP contribution in [0.1, 0.15) is 31.5 Å². The average molecular weight is 284 g/mol. The van der Waals surface area contributed by atoms with Crippen molar-refractivity contribution in [2.75, 3.05) is 19.6 Å². The van der Waals surface area contributed by atoms with Gasteiger partial charge in [-0.25, -0.2) is 4.98 Å². The summed E-state index contributed by atoms with van der Waals surface area (Å²) in [5.74, 6) is 1.93. The number of aromatic nitrogens is 2. The SMILES string of the molecule is c1ccc2[nH]c(CN(CC3CCCNC3)C3CC3)nc2c1. The molecule has 0 amide bonds. The molecule has 0 radical (unpaired) electrons. The molecule has 1 saturated carbocycles. The van der Waals surface area contributed by atoms with E-state index in [1.54, 1.807) is 0 Å². The lowest BCUT2D eigenvalue weighted by Crippen LogP contribution is -2.39. The molecule has 2 heterocycles. The van der Waals surface area contributed by atoms with Gasteiger partial charge in [-0.2, -0.15) is 0 Å². The van der Waals surface area contributed by atoms with Gasteiger partial charge >= 0.3 is 0 Å². The summed E-state index contributed by atoms with van der Waals surface area (Å²) in [6.07, 6.45) is 5.42. The molecule has 1 unspecified atom stereocenters. The minimum atomic E-state index is 0.792. The Labute approximate surface area is 125 Å². The van der Waals surface area contributed by atoms with Crippen LogP contribution in [0.15, 0.2) is 24.3 Å². The van der Waals surface area contributed by atoms with E-state index in [9.17, 15) is 0 Å². The van der Waals surface area contributed by atoms with Crippen molar-refractivity contribution in [1.29, 1.82) is 0 Å². The first kappa shape index (κ1) is 13.3. The normalized spacial score (nSPS) is 23.0. The number of fused-ring (bicyclic) bond motifs is 1. The standard InChI is InChI=1S/C17H24N4/c1-2-6-16-15(5-1)19-17(20-16)12-21(14-7-8-14)11-13-4-3-9-18-10-13/h1-2,5-6,13-14,18H,3-4,7-12H2,(H,19,20). The van der Waals surface area contributed by atoms with E-state index in [-0.39, 0.29) is 0 Å². The van der Waals surface area contributed by atoms with Gasteiger partial charge in [0, 0.05) is 12.6 Å². The van der Waals surface area contributed by atoms with Gasteiger partial charge in [-0.1, -0.05) is 12.1 Å². The zero-order chi connectivity index (χ0) is 14.1. The summed E-state index contributed by atoms with van der Waals surface area (Å²) in [5, 5.41) is 3.53. The molecule has 2 aromatic rings. The van der Waals surface area contributed by atoms with Crippen LogP contribution in [0.4, 0.5) is 0 Å². The predicted molar refractivity (Wildman–Crippen MR) is 85.1 cm³/mol. The minimum Gasteiger partial charge on any atom is -0.341 e. The van der Waals surface area contributed by atoms with Gasteiger partial charge in [-0.3, -0.25) is 4.90 Å². The molecule has 1 aliphatic carbocycles. The maximum atomic E-state index is 4.74. The lowest BCUT2D eigenvalue weighted by Gasteiger charge is -2.29. The van der Waals surface area contributed by atoms with Crippen molar-refractivity contribution >= 4 is 11.0 Å². The molecule has 4 rings (SSSR count). The Morgan fingerprint density at radius 1 is 1.19 bits per heavy atom. The highest BCUT2D eigenvalue weighted by molar-refractivity contribution is 5.74. The van der Waals surface area contributed by atoms with Gasteiger partial charge in [-0.15, -0.1) is 0 Å². The highest BCUT2D eigenvalue weighted by Crippen LogP contribution is 2.29. The monoisotopic (exact) mass is 284 g/mol. The zero-order valence-corrected chi connectivity index (χ0v) is 12.5. The van der Waals surface area contributed by atoms with E-state index < -0.39 is 0 Å². The van der Waals surface area contributed by atoms with Gasteiger partial charge in [-0.05, 0) is 56.8 Å². The molecule has 1 saturated heterocycles. The van der Waals surface area contributed by atoms with Crippen molar-refractivity contribution in [2.45, 2.75) is 38.3 Å². The van der Waals surface area contributed by atoms with E-state index in [0.717, 1.165) is 35.4 Å². The van der Waals surface area contributed by atoms with Crippen molar-refractivity contribution in [3.8, 4) is 0 Å². The molecule has 0 bridgehead atoms. The molecule has 2 N–H and O–H groups in total. The number of H-pyrrole nitrogens is 1. The van der Waals surface area contributed by atoms with Crippen LogP contribution in [0, 0.1) is 5.92 Å². The Morgan fingerprint density at radius 2 is 2.10 bits per heavy atom. The topological polar surface area (TPSA) is 44.0 Å². The maximum Gasteiger partial charge on any atom is 0.121 e. The molecule has 1 aromatic heterocycles. The molecule has 2 aliphatic rings. The number of piperidine rings is 1. The van der Waals surface area contributed by atoms with E-state index in [1.165, 1.54) is 45.3 Å². The third-order valence-corrected chi connectivity index (χ3v) is 4.75. The maximum absolute atomic E-state index is 4.74. The number of imidazole rings is 1. The molecular formula is C17H24N4. The number of aromatic amines is 1. The number of hydrogen-bond acceptors (Lipinski definition) is 3. The van der Waals surface area contributed by atoms with Gasteiger partial charge in [0.1, 0.15) is 5.82 Å². The fraction of sp³-hybridized carbons (Fsp3) is 0.588. The summed E-state index contributed by atoms with van der Waals surface area (Å²) in [6, 6.07) is 9.11.